The normalized spacial score (nSPS) is 19.1. The Morgan fingerprint density at radius 2 is 1.54 bits per heavy atom. The monoisotopic (exact) mass is 700 g/mol. The maximum Gasteiger partial charge on any atom is 0.226 e. The van der Waals surface area contributed by atoms with Crippen molar-refractivity contribution in [2.24, 2.45) is 29.6 Å². The van der Waals surface area contributed by atoms with Crippen LogP contribution >= 0.6 is 0 Å². The van der Waals surface area contributed by atoms with Crippen LogP contribution in [0.1, 0.15) is 106 Å². The fourth-order valence-electron chi connectivity index (χ4n) is 7.96. The Labute approximate surface area is 303 Å². The zero-order valence-corrected chi connectivity index (χ0v) is 33.3. The van der Waals surface area contributed by atoms with Gasteiger partial charge in [-0.1, -0.05) is 78.3 Å². The van der Waals surface area contributed by atoms with Crippen LogP contribution < -0.4 is 0 Å². The Balaban J connectivity index is 2.22. The number of likely N-dealkylation sites (N-methyl/N-ethyl adjacent to an activating group) is 1. The lowest BCUT2D eigenvalue weighted by Gasteiger charge is -2.41. The van der Waals surface area contributed by atoms with Crippen LogP contribution in [-0.2, 0) is 35.1 Å². The van der Waals surface area contributed by atoms with Gasteiger partial charge >= 0.3 is 0 Å². The van der Waals surface area contributed by atoms with E-state index in [9.17, 15) is 19.2 Å². The fourth-order valence-corrected chi connectivity index (χ4v) is 7.96. The molecule has 8 atom stereocenters. The topological polar surface area (TPSA) is 96.5 Å². The van der Waals surface area contributed by atoms with Gasteiger partial charge in [0, 0.05) is 65.1 Å². The van der Waals surface area contributed by atoms with E-state index in [0.717, 1.165) is 25.7 Å². The summed E-state index contributed by atoms with van der Waals surface area (Å²) in [6.45, 7) is 19.3. The molecule has 0 unspecified atom stereocenters. The van der Waals surface area contributed by atoms with Crippen LogP contribution in [0.4, 0.5) is 0 Å². The predicted molar refractivity (Wildman–Crippen MR) is 201 cm³/mol. The van der Waals surface area contributed by atoms with Gasteiger partial charge in [-0.05, 0) is 63.4 Å². The highest BCUT2D eigenvalue weighted by molar-refractivity contribution is 5.86. The number of carbonyl (C=O) groups is 4. The molecular weight excluding hydrogens is 630 g/mol. The molecule has 0 bridgehead atoms. The van der Waals surface area contributed by atoms with Crippen molar-refractivity contribution < 1.29 is 28.7 Å². The molecule has 2 rings (SSSR count). The average Bonchev–Trinajstić information content (AvgIpc) is 3.56. The summed E-state index contributed by atoms with van der Waals surface area (Å²) < 4.78 is 12.0. The molecule has 0 N–H and O–H groups in total. The summed E-state index contributed by atoms with van der Waals surface area (Å²) in [5.74, 6) is -0.667. The number of likely N-dealkylation sites (tertiary alicyclic amines) is 1. The van der Waals surface area contributed by atoms with Gasteiger partial charge < -0.3 is 24.2 Å². The maximum atomic E-state index is 14.2. The lowest BCUT2D eigenvalue weighted by atomic mass is 9.86. The number of carbonyl (C=O) groups excluding carboxylic acids is 4. The van der Waals surface area contributed by atoms with E-state index in [-0.39, 0.29) is 78.1 Å². The summed E-state index contributed by atoms with van der Waals surface area (Å²) in [6.07, 6.45) is 2.98. The molecule has 0 radical (unpaired) electrons. The quantitative estimate of drug-likeness (QED) is 0.142. The predicted octanol–water partition coefficient (Wildman–Crippen LogP) is 6.66. The number of nitrogens with zero attached hydrogens (tertiary/aromatic N) is 3. The van der Waals surface area contributed by atoms with Gasteiger partial charge in [0.1, 0.15) is 5.78 Å². The molecule has 1 aromatic carbocycles. The molecule has 50 heavy (non-hydrogen) atoms. The van der Waals surface area contributed by atoms with Crippen LogP contribution in [-0.4, -0.2) is 103 Å². The minimum Gasteiger partial charge on any atom is -0.379 e. The lowest BCUT2D eigenvalue weighted by Crippen LogP contribution is -2.54. The van der Waals surface area contributed by atoms with E-state index in [1.54, 1.807) is 26.2 Å². The minimum absolute atomic E-state index is 0.0207. The number of rotatable bonds is 21. The summed E-state index contributed by atoms with van der Waals surface area (Å²) in [5, 5.41) is 0. The Kier molecular flexibility index (Phi) is 18.1. The molecule has 0 saturated carbocycles. The largest absolute Gasteiger partial charge is 0.379 e. The molecular formula is C41H69N3O6. The first kappa shape index (κ1) is 43.4. The van der Waals surface area contributed by atoms with Crippen LogP contribution in [0.25, 0.3) is 0 Å². The molecule has 1 aromatic rings. The number of Topliss-reactive ketones (excluding diaryl/α,β-unsaturated/α-hetero) is 1. The van der Waals surface area contributed by atoms with E-state index < -0.39 is 18.1 Å². The second-order valence-electron chi connectivity index (χ2n) is 15.4. The molecule has 1 aliphatic rings. The number of ketones is 1. The van der Waals surface area contributed by atoms with Gasteiger partial charge in [0.2, 0.25) is 17.7 Å². The van der Waals surface area contributed by atoms with Crippen LogP contribution in [0.15, 0.2) is 30.3 Å². The minimum atomic E-state index is -0.544. The third kappa shape index (κ3) is 11.6. The molecule has 1 heterocycles. The van der Waals surface area contributed by atoms with Gasteiger partial charge in [0.25, 0.3) is 0 Å². The van der Waals surface area contributed by atoms with E-state index >= 15 is 0 Å². The molecule has 0 aromatic heterocycles. The van der Waals surface area contributed by atoms with Gasteiger partial charge in [0.05, 0.1) is 30.7 Å². The summed E-state index contributed by atoms with van der Waals surface area (Å²) in [5.41, 5.74) is 1.22. The summed E-state index contributed by atoms with van der Waals surface area (Å²) in [7, 11) is 5.03. The van der Waals surface area contributed by atoms with Gasteiger partial charge in [-0.25, -0.2) is 0 Å². The van der Waals surface area contributed by atoms with Crippen molar-refractivity contribution in [3.63, 3.8) is 0 Å². The highest BCUT2D eigenvalue weighted by Crippen LogP contribution is 2.31. The summed E-state index contributed by atoms with van der Waals surface area (Å²) in [4.78, 5) is 60.6. The van der Waals surface area contributed by atoms with Crippen LogP contribution in [0.5, 0.6) is 0 Å². The van der Waals surface area contributed by atoms with Gasteiger partial charge in [0.15, 0.2) is 0 Å². The number of methoxy groups -OCH3 is 2. The SMILES string of the molecule is CC[C@H](C)[C@@H]([C@@H](CC(=O)N1CCC[C@H]1[C@H](OC)[C@@H](C)C(=O)C[C@H](C)Cc1ccccc1)OC)N(C)C(=O)[C@@H](CC(=O)N(CC)C(C)C)C(C)C. The molecule has 284 valence electrons. The Bertz CT molecular complexity index is 1210. The van der Waals surface area contributed by atoms with E-state index in [4.69, 9.17) is 9.47 Å². The zero-order valence-electron chi connectivity index (χ0n) is 33.3. The van der Waals surface area contributed by atoms with Gasteiger partial charge in [-0.3, -0.25) is 19.2 Å². The number of hydrogen-bond donors (Lipinski definition) is 0. The molecule has 1 aliphatic heterocycles. The molecule has 3 amide bonds. The lowest BCUT2D eigenvalue weighted by molar-refractivity contribution is -0.150. The summed E-state index contributed by atoms with van der Waals surface area (Å²) in [6, 6.07) is 9.70. The third-order valence-corrected chi connectivity index (χ3v) is 11.1. The first-order valence-corrected chi connectivity index (χ1v) is 19.1. The zero-order chi connectivity index (χ0) is 37.7. The van der Waals surface area contributed by atoms with Crippen molar-refractivity contribution in [1.29, 1.82) is 0 Å². The van der Waals surface area contributed by atoms with Gasteiger partial charge in [-0.15, -0.1) is 0 Å². The number of hydrogen-bond acceptors (Lipinski definition) is 6. The van der Waals surface area contributed by atoms with Crippen molar-refractivity contribution in [2.75, 3.05) is 34.4 Å². The highest BCUT2D eigenvalue weighted by Gasteiger charge is 2.43. The Morgan fingerprint density at radius 3 is 2.06 bits per heavy atom. The van der Waals surface area contributed by atoms with Crippen LogP contribution in [0.2, 0.25) is 0 Å². The number of amides is 3. The molecule has 0 aliphatic carbocycles. The second kappa shape index (κ2) is 20.9. The van der Waals surface area contributed by atoms with Crippen molar-refractivity contribution in [2.45, 2.75) is 138 Å². The number of benzene rings is 1. The average molecular weight is 700 g/mol. The number of ether oxygens (including phenoxy) is 2. The molecule has 9 heteroatoms. The van der Waals surface area contributed by atoms with Crippen LogP contribution in [0, 0.1) is 29.6 Å². The van der Waals surface area contributed by atoms with Crippen LogP contribution in [0.3, 0.4) is 0 Å². The third-order valence-electron chi connectivity index (χ3n) is 11.1. The molecule has 0 spiro atoms. The first-order valence-electron chi connectivity index (χ1n) is 19.1. The van der Waals surface area contributed by atoms with Crippen molar-refractivity contribution in [3.05, 3.63) is 35.9 Å². The molecule has 1 saturated heterocycles. The Morgan fingerprint density at radius 1 is 0.900 bits per heavy atom. The van der Waals surface area contributed by atoms with Crippen molar-refractivity contribution in [1.82, 2.24) is 14.7 Å². The smallest absolute Gasteiger partial charge is 0.226 e. The Hall–Kier alpha value is -2.78. The standard InChI is InChI=1S/C41H69N3O6/c1-13-30(8)39(42(10)41(48)33(27(3)4)25-37(46)43(14-2)28(5)6)36(49-11)26-38(47)44-22-18-21-34(44)40(50-12)31(9)35(45)24-29(7)23-32-19-16-15-17-20-32/h15-17,19-20,27-31,33-34,36,39-40H,13-14,18,21-26H2,1-12H3/t29-,30+,31+,33+,34+,36-,39+,40-/m1/s1. The van der Waals surface area contributed by atoms with Crippen molar-refractivity contribution >= 4 is 23.5 Å². The highest BCUT2D eigenvalue weighted by atomic mass is 16.5. The van der Waals surface area contributed by atoms with E-state index in [2.05, 4.69) is 32.9 Å². The van der Waals surface area contributed by atoms with E-state index in [0.29, 0.717) is 19.5 Å². The second-order valence-corrected chi connectivity index (χ2v) is 15.4. The first-order chi connectivity index (χ1) is 23.6. The molecule has 9 nitrogen and oxygen atoms in total. The van der Waals surface area contributed by atoms with Crippen molar-refractivity contribution in [3.8, 4) is 0 Å². The van der Waals surface area contributed by atoms with E-state index in [1.165, 1.54) is 5.56 Å². The van der Waals surface area contributed by atoms with E-state index in [1.807, 2.05) is 69.5 Å². The summed E-state index contributed by atoms with van der Waals surface area (Å²) >= 11 is 0. The fraction of sp³-hybridized carbons (Fsp3) is 0.756. The maximum absolute atomic E-state index is 14.2. The van der Waals surface area contributed by atoms with Gasteiger partial charge in [-0.2, -0.15) is 0 Å². The molecule has 1 fully saturated rings.